The summed E-state index contributed by atoms with van der Waals surface area (Å²) in [6.45, 7) is 0.931. The van der Waals surface area contributed by atoms with Crippen LogP contribution in [0.4, 0.5) is 0 Å². The van der Waals surface area contributed by atoms with Crippen molar-refractivity contribution in [1.29, 1.82) is 0 Å². The van der Waals surface area contributed by atoms with Gasteiger partial charge in [0.05, 0.1) is 54.8 Å². The van der Waals surface area contributed by atoms with E-state index < -0.39 is 0 Å². The maximum Gasteiger partial charge on any atom is 0.170 e. The second-order valence-corrected chi connectivity index (χ2v) is 10.4. The van der Waals surface area contributed by atoms with E-state index in [4.69, 9.17) is 28.4 Å². The second-order valence-electron chi connectivity index (χ2n) is 10.4. The van der Waals surface area contributed by atoms with Crippen molar-refractivity contribution in [2.75, 3.05) is 49.2 Å². The molecular formula is C31H35NO7. The normalized spacial score (nSPS) is 24.2. The van der Waals surface area contributed by atoms with Gasteiger partial charge in [0, 0.05) is 41.9 Å². The van der Waals surface area contributed by atoms with Crippen molar-refractivity contribution in [2.24, 2.45) is 0 Å². The first-order valence-electron chi connectivity index (χ1n) is 13.3. The van der Waals surface area contributed by atoms with Crippen LogP contribution in [0.2, 0.25) is 0 Å². The summed E-state index contributed by atoms with van der Waals surface area (Å²) in [7, 11) is 9.95. The third-order valence-electron chi connectivity index (χ3n) is 9.03. The van der Waals surface area contributed by atoms with Gasteiger partial charge in [-0.05, 0) is 29.3 Å². The largest absolute Gasteiger partial charge is 0.870 e. The van der Waals surface area contributed by atoms with Crippen LogP contribution in [-0.2, 0) is 6.42 Å². The number of methoxy groups -OCH3 is 6. The molecule has 3 aliphatic heterocycles. The molecule has 0 aromatic heterocycles. The summed E-state index contributed by atoms with van der Waals surface area (Å²) >= 11 is 0. The molecule has 4 aliphatic rings. The zero-order valence-corrected chi connectivity index (χ0v) is 23.3. The zero-order valence-electron chi connectivity index (χ0n) is 23.3. The average Bonchev–Trinajstić information content (AvgIpc) is 2.98. The Labute approximate surface area is 229 Å². The van der Waals surface area contributed by atoms with Crippen LogP contribution in [0.1, 0.15) is 58.2 Å². The molecule has 0 radical (unpaired) electrons. The van der Waals surface area contributed by atoms with Crippen LogP contribution < -0.4 is 38.4 Å². The fourth-order valence-corrected chi connectivity index (χ4v) is 7.50. The van der Waals surface area contributed by atoms with Crippen molar-refractivity contribution in [3.63, 3.8) is 0 Å². The van der Waals surface area contributed by atoms with Gasteiger partial charge in [0.1, 0.15) is 23.6 Å². The molecule has 1 aliphatic carbocycles. The SMILES string of the molecule is COc1cc2c(cc1[O-])CC[NH+]1C3CC(c4cc(OC)c(OC)cc4OC)C(c4ccc(OC)c(OC)c43)C21. The summed E-state index contributed by atoms with van der Waals surface area (Å²) in [6.07, 6.45) is 1.75. The molecule has 206 valence electrons. The summed E-state index contributed by atoms with van der Waals surface area (Å²) in [5, 5.41) is 12.7. The van der Waals surface area contributed by atoms with Crippen molar-refractivity contribution in [3.8, 4) is 40.2 Å². The number of ether oxygens (including phenoxy) is 6. The third kappa shape index (κ3) is 3.68. The highest BCUT2D eigenvalue weighted by Gasteiger charge is 2.57. The Kier molecular flexibility index (Phi) is 6.38. The van der Waals surface area contributed by atoms with Crippen LogP contribution in [-0.4, -0.2) is 49.2 Å². The number of hydrogen-bond donors (Lipinski definition) is 1. The molecule has 5 atom stereocenters. The van der Waals surface area contributed by atoms with Crippen molar-refractivity contribution < 1.29 is 38.4 Å². The van der Waals surface area contributed by atoms with Crippen molar-refractivity contribution >= 4 is 0 Å². The number of nitrogens with one attached hydrogen (secondary N) is 1. The lowest BCUT2D eigenvalue weighted by Crippen LogP contribution is -3.16. The molecule has 7 rings (SSSR count). The predicted molar refractivity (Wildman–Crippen MR) is 143 cm³/mol. The van der Waals surface area contributed by atoms with E-state index in [1.165, 1.54) is 21.6 Å². The lowest BCUT2D eigenvalue weighted by Gasteiger charge is -2.55. The zero-order chi connectivity index (χ0) is 27.4. The first-order chi connectivity index (χ1) is 19.0. The topological polar surface area (TPSA) is 82.9 Å². The Bertz CT molecular complexity index is 1420. The summed E-state index contributed by atoms with van der Waals surface area (Å²) in [5.41, 5.74) is 5.86. The van der Waals surface area contributed by atoms with E-state index in [1.807, 2.05) is 18.2 Å². The summed E-state index contributed by atoms with van der Waals surface area (Å²) < 4.78 is 34.4. The molecule has 39 heavy (non-hydrogen) atoms. The molecule has 2 bridgehead atoms. The summed E-state index contributed by atoms with van der Waals surface area (Å²) in [5.74, 6) is 4.19. The molecule has 8 heteroatoms. The number of quaternary nitrogens is 1. The quantitative estimate of drug-likeness (QED) is 0.499. The molecule has 3 aromatic carbocycles. The van der Waals surface area contributed by atoms with E-state index in [-0.39, 0.29) is 29.7 Å². The van der Waals surface area contributed by atoms with Gasteiger partial charge in [-0.15, -0.1) is 0 Å². The third-order valence-corrected chi connectivity index (χ3v) is 9.03. The highest BCUT2D eigenvalue weighted by molar-refractivity contribution is 5.60. The van der Waals surface area contributed by atoms with Gasteiger partial charge in [0.2, 0.25) is 0 Å². The van der Waals surface area contributed by atoms with Crippen LogP contribution in [0.25, 0.3) is 0 Å². The Morgan fingerprint density at radius 2 is 1.36 bits per heavy atom. The van der Waals surface area contributed by atoms with E-state index in [9.17, 15) is 5.11 Å². The fraction of sp³-hybridized carbons (Fsp3) is 0.419. The monoisotopic (exact) mass is 533 g/mol. The minimum Gasteiger partial charge on any atom is -0.870 e. The predicted octanol–water partition coefficient (Wildman–Crippen LogP) is 3.32. The van der Waals surface area contributed by atoms with E-state index >= 15 is 0 Å². The Morgan fingerprint density at radius 3 is 2.03 bits per heavy atom. The summed E-state index contributed by atoms with van der Waals surface area (Å²) in [6, 6.07) is 12.2. The fourth-order valence-electron chi connectivity index (χ4n) is 7.50. The number of benzene rings is 3. The average molecular weight is 534 g/mol. The molecule has 3 heterocycles. The van der Waals surface area contributed by atoms with Gasteiger partial charge in [0.15, 0.2) is 23.0 Å². The number of hydrogen-bond acceptors (Lipinski definition) is 7. The standard InChI is InChI=1S/C31H35NO7/c1-34-23-8-7-17-28-20(19-14-26(37-4)27(38-5)15-24(19)35-2)12-21(29(17)31(23)39-6)32-10-9-16-11-22(33)25(36-3)13-18(16)30(28)32/h7-8,11,13-15,20-21,28,30,33H,9-10,12H2,1-6H3. The molecule has 1 fully saturated rings. The molecule has 8 nitrogen and oxygen atoms in total. The molecule has 5 unspecified atom stereocenters. The van der Waals surface area contributed by atoms with E-state index in [0.717, 1.165) is 47.8 Å². The highest BCUT2D eigenvalue weighted by Crippen LogP contribution is 2.60. The number of piperidine rings is 1. The van der Waals surface area contributed by atoms with Gasteiger partial charge in [0.25, 0.3) is 0 Å². The van der Waals surface area contributed by atoms with Gasteiger partial charge < -0.3 is 38.4 Å². The molecule has 1 saturated heterocycles. The second kappa shape index (κ2) is 9.75. The lowest BCUT2D eigenvalue weighted by atomic mass is 9.60. The van der Waals surface area contributed by atoms with Crippen LogP contribution in [0.5, 0.6) is 40.2 Å². The minimum atomic E-state index is -0.0643. The molecular weight excluding hydrogens is 498 g/mol. The van der Waals surface area contributed by atoms with E-state index in [1.54, 1.807) is 48.7 Å². The molecule has 0 amide bonds. The maximum absolute atomic E-state index is 12.7. The van der Waals surface area contributed by atoms with Crippen LogP contribution in [0.3, 0.4) is 0 Å². The van der Waals surface area contributed by atoms with Crippen LogP contribution >= 0.6 is 0 Å². The van der Waals surface area contributed by atoms with Gasteiger partial charge in [-0.25, -0.2) is 0 Å². The van der Waals surface area contributed by atoms with Crippen molar-refractivity contribution in [1.82, 2.24) is 0 Å². The van der Waals surface area contributed by atoms with Crippen LogP contribution in [0.15, 0.2) is 36.4 Å². The Balaban J connectivity index is 1.60. The maximum atomic E-state index is 12.7. The van der Waals surface area contributed by atoms with E-state index in [2.05, 4.69) is 12.1 Å². The highest BCUT2D eigenvalue weighted by atomic mass is 16.5. The van der Waals surface area contributed by atoms with Gasteiger partial charge in [-0.3, -0.25) is 0 Å². The first kappa shape index (κ1) is 25.5. The Hall–Kier alpha value is -3.78. The molecule has 0 saturated carbocycles. The lowest BCUT2D eigenvalue weighted by molar-refractivity contribution is -0.974. The Morgan fingerprint density at radius 1 is 0.692 bits per heavy atom. The van der Waals surface area contributed by atoms with Crippen molar-refractivity contribution in [2.45, 2.75) is 36.8 Å². The smallest absolute Gasteiger partial charge is 0.170 e. The molecule has 3 aromatic rings. The van der Waals surface area contributed by atoms with Crippen molar-refractivity contribution in [3.05, 3.63) is 64.2 Å². The van der Waals surface area contributed by atoms with Crippen LogP contribution in [0, 0.1) is 0 Å². The molecule has 0 spiro atoms. The summed E-state index contributed by atoms with van der Waals surface area (Å²) in [4.78, 5) is 1.49. The minimum absolute atomic E-state index is 0.0643. The molecule has 1 N–H and O–H groups in total. The van der Waals surface area contributed by atoms with E-state index in [0.29, 0.717) is 17.2 Å². The number of fused-ring (bicyclic) bond motifs is 2. The van der Waals surface area contributed by atoms with Gasteiger partial charge in [-0.2, -0.15) is 0 Å². The number of rotatable bonds is 7. The van der Waals surface area contributed by atoms with Gasteiger partial charge in [-0.1, -0.05) is 17.9 Å². The first-order valence-corrected chi connectivity index (χ1v) is 13.3. The van der Waals surface area contributed by atoms with Gasteiger partial charge >= 0.3 is 0 Å².